The molecule has 7 heavy (non-hydrogen) atoms. The molecular weight excluding hydrogens is 106 g/mol. The Morgan fingerprint density at radius 2 is 1.57 bits per heavy atom. The second-order valence-electron chi connectivity index (χ2n) is 0.388. The van der Waals surface area contributed by atoms with Crippen LogP contribution in [0.15, 0.2) is 0 Å². The van der Waals surface area contributed by atoms with Crippen LogP contribution in [0.1, 0.15) is 0 Å². The van der Waals surface area contributed by atoms with Gasteiger partial charge in [0.15, 0.2) is 0 Å². The molecule has 0 aliphatic carbocycles. The lowest BCUT2D eigenvalue weighted by Gasteiger charge is -1.60. The monoisotopic (exact) mass is 111 g/mol. The van der Waals surface area contributed by atoms with Gasteiger partial charge >= 0.3 is 6.16 Å². The first-order chi connectivity index (χ1) is 3.15. The van der Waals surface area contributed by atoms with E-state index in [0.29, 0.717) is 0 Å². The van der Waals surface area contributed by atoms with Crippen LogP contribution in [0.3, 0.4) is 0 Å². The van der Waals surface area contributed by atoms with Crippen molar-refractivity contribution >= 4 is 6.16 Å². The summed E-state index contributed by atoms with van der Waals surface area (Å²) in [4.78, 5) is 11.3. The lowest BCUT2D eigenvalue weighted by atomic mass is 11.5. The summed E-state index contributed by atoms with van der Waals surface area (Å²) in [6.45, 7) is 0. The highest BCUT2D eigenvalue weighted by atomic mass is 17.2. The van der Waals surface area contributed by atoms with Crippen LogP contribution in [-0.4, -0.2) is 21.6 Å². The number of carbonyl (C=O) groups is 1. The molecule has 44 valence electrons. The minimum absolute atomic E-state index is 1.83. The van der Waals surface area contributed by atoms with E-state index in [-0.39, 0.29) is 0 Å². The van der Waals surface area contributed by atoms with Gasteiger partial charge in [0.2, 0.25) is 0 Å². The second kappa shape index (κ2) is 8.94. The second-order valence-corrected chi connectivity index (χ2v) is 0.388. The first-order valence-electron chi connectivity index (χ1n) is 1.07. The molecule has 0 aromatic heterocycles. The molecule has 0 aliphatic rings. The van der Waals surface area contributed by atoms with E-state index in [1.807, 2.05) is 0 Å². The molecule has 0 fully saturated rings. The summed E-state index contributed by atoms with van der Waals surface area (Å²) >= 11 is 0. The SMILES string of the molecule is NOO.O=C(O)O. The van der Waals surface area contributed by atoms with Crippen LogP contribution in [0.25, 0.3) is 0 Å². The van der Waals surface area contributed by atoms with Crippen LogP contribution < -0.4 is 5.90 Å². The van der Waals surface area contributed by atoms with Crippen LogP contribution in [0.4, 0.5) is 4.79 Å². The van der Waals surface area contributed by atoms with Gasteiger partial charge in [-0.2, -0.15) is 5.90 Å². The molecule has 0 saturated carbocycles. The standard InChI is InChI=1S/CH2O3.H3NO2/c2-1(3)4;1-3-2/h(H2,2,3,4);2H,1H2. The zero-order valence-electron chi connectivity index (χ0n) is 3.24. The fraction of sp³-hybridized carbons (Fsp3) is 0. The van der Waals surface area contributed by atoms with Crippen LogP contribution in [0.2, 0.25) is 0 Å². The van der Waals surface area contributed by atoms with Crippen molar-refractivity contribution in [3.63, 3.8) is 0 Å². The molecule has 0 rings (SSSR count). The number of hydrogen-bond donors (Lipinski definition) is 4. The van der Waals surface area contributed by atoms with Crippen molar-refractivity contribution in [2.45, 2.75) is 0 Å². The Labute approximate surface area is 38.6 Å². The van der Waals surface area contributed by atoms with Gasteiger partial charge < -0.3 is 10.2 Å². The molecule has 0 saturated heterocycles. The van der Waals surface area contributed by atoms with Gasteiger partial charge in [-0.05, 0) is 0 Å². The summed E-state index contributed by atoms with van der Waals surface area (Å²) in [6.07, 6.45) is -1.83. The average molecular weight is 111 g/mol. The molecule has 0 aliphatic heterocycles. The molecule has 0 bridgehead atoms. The van der Waals surface area contributed by atoms with Crippen LogP contribution in [0.5, 0.6) is 0 Å². The summed E-state index contributed by atoms with van der Waals surface area (Å²) in [5.41, 5.74) is 0. The van der Waals surface area contributed by atoms with E-state index in [9.17, 15) is 0 Å². The average Bonchev–Trinajstić information content (AvgIpc) is 1.33. The highest BCUT2D eigenvalue weighted by molar-refractivity contribution is 5.53. The van der Waals surface area contributed by atoms with Crippen LogP contribution >= 0.6 is 0 Å². The molecule has 0 spiro atoms. The van der Waals surface area contributed by atoms with E-state index in [4.69, 9.17) is 20.3 Å². The van der Waals surface area contributed by atoms with Crippen molar-refractivity contribution in [3.8, 4) is 0 Å². The Morgan fingerprint density at radius 3 is 1.57 bits per heavy atom. The van der Waals surface area contributed by atoms with Gasteiger partial charge in [0, 0.05) is 0 Å². The van der Waals surface area contributed by atoms with Crippen LogP contribution in [0, 0.1) is 0 Å². The quantitative estimate of drug-likeness (QED) is 0.249. The topological polar surface area (TPSA) is 113 Å². The Balaban J connectivity index is 0. The van der Waals surface area contributed by atoms with Crippen LogP contribution in [-0.2, 0) is 4.99 Å². The molecule has 0 unspecified atom stereocenters. The summed E-state index contributed by atoms with van der Waals surface area (Å²) in [5, 5.41) is 20.8. The van der Waals surface area contributed by atoms with E-state index in [2.05, 4.69) is 10.9 Å². The molecule has 0 aromatic rings. The van der Waals surface area contributed by atoms with Crippen molar-refractivity contribution in [1.29, 1.82) is 0 Å². The van der Waals surface area contributed by atoms with Gasteiger partial charge in [-0.1, -0.05) is 0 Å². The third-order valence-electron chi connectivity index (χ3n) is 0. The lowest BCUT2D eigenvalue weighted by molar-refractivity contribution is -0.247. The predicted molar refractivity (Wildman–Crippen MR) is 18.6 cm³/mol. The maximum Gasteiger partial charge on any atom is 0.503 e. The summed E-state index contributed by atoms with van der Waals surface area (Å²) < 4.78 is 0. The third kappa shape index (κ3) is 70.7. The number of hydrogen-bond acceptors (Lipinski definition) is 4. The maximum absolute atomic E-state index is 8.56. The van der Waals surface area contributed by atoms with Gasteiger partial charge in [0.05, 0.1) is 0 Å². The van der Waals surface area contributed by atoms with Crippen molar-refractivity contribution in [2.24, 2.45) is 5.90 Å². The Hall–Kier alpha value is -0.850. The fourth-order valence-corrected chi connectivity index (χ4v) is 0. The molecule has 0 heterocycles. The first kappa shape index (κ1) is 9.47. The number of carboxylic acid groups (broad SMARTS) is 2. The molecule has 5 N–H and O–H groups in total. The minimum Gasteiger partial charge on any atom is -0.450 e. The normalized spacial score (nSPS) is 6.00. The van der Waals surface area contributed by atoms with Crippen molar-refractivity contribution < 1.29 is 25.3 Å². The molecule has 6 nitrogen and oxygen atoms in total. The molecule has 0 radical (unpaired) electrons. The smallest absolute Gasteiger partial charge is 0.450 e. The van der Waals surface area contributed by atoms with Gasteiger partial charge in [-0.3, -0.25) is 0 Å². The van der Waals surface area contributed by atoms with E-state index < -0.39 is 6.16 Å². The molecule has 6 heteroatoms. The Bertz CT molecular complexity index is 39.3. The van der Waals surface area contributed by atoms with E-state index in [0.717, 1.165) is 0 Å². The lowest BCUT2D eigenvalue weighted by Crippen LogP contribution is -1.87. The Morgan fingerprint density at radius 1 is 1.57 bits per heavy atom. The predicted octanol–water partition coefficient (Wildman–Crippen LogP) is -0.428. The Kier molecular flexibility index (Phi) is 12.1. The third-order valence-corrected chi connectivity index (χ3v) is 0. The maximum atomic E-state index is 8.56. The van der Waals surface area contributed by atoms with Gasteiger partial charge in [-0.15, -0.1) is 4.99 Å². The summed E-state index contributed by atoms with van der Waals surface area (Å²) in [5.74, 6) is 3.90. The zero-order chi connectivity index (χ0) is 6.28. The number of rotatable bonds is 0. The minimum atomic E-state index is -1.83. The summed E-state index contributed by atoms with van der Waals surface area (Å²) in [7, 11) is 0. The van der Waals surface area contributed by atoms with E-state index in [1.54, 1.807) is 0 Å². The highest BCUT2D eigenvalue weighted by Crippen LogP contribution is 1.42. The van der Waals surface area contributed by atoms with Crippen molar-refractivity contribution in [3.05, 3.63) is 0 Å². The first-order valence-corrected chi connectivity index (χ1v) is 1.07. The molecular formula is CH5NO5. The van der Waals surface area contributed by atoms with Crippen molar-refractivity contribution in [1.82, 2.24) is 0 Å². The van der Waals surface area contributed by atoms with E-state index in [1.165, 1.54) is 0 Å². The molecule has 0 aromatic carbocycles. The van der Waals surface area contributed by atoms with Gasteiger partial charge in [0.1, 0.15) is 0 Å². The zero-order valence-corrected chi connectivity index (χ0v) is 3.24. The molecule has 0 atom stereocenters. The van der Waals surface area contributed by atoms with Gasteiger partial charge in [-0.25, -0.2) is 10.1 Å². The fourth-order valence-electron chi connectivity index (χ4n) is 0. The number of nitrogens with two attached hydrogens (primary N) is 1. The van der Waals surface area contributed by atoms with Crippen molar-refractivity contribution in [2.75, 3.05) is 0 Å². The molecule has 0 amide bonds. The van der Waals surface area contributed by atoms with E-state index >= 15 is 0 Å². The van der Waals surface area contributed by atoms with Gasteiger partial charge in [0.25, 0.3) is 0 Å². The highest BCUT2D eigenvalue weighted by Gasteiger charge is 1.70. The largest absolute Gasteiger partial charge is 0.503 e. The summed E-state index contributed by atoms with van der Waals surface area (Å²) in [6, 6.07) is 0.